The van der Waals surface area contributed by atoms with Crippen molar-refractivity contribution in [3.8, 4) is 5.75 Å². The van der Waals surface area contributed by atoms with Crippen LogP contribution >= 0.6 is 23.4 Å². The van der Waals surface area contributed by atoms with E-state index in [1.54, 1.807) is 43.0 Å². The number of anilines is 1. The molecule has 32 heavy (non-hydrogen) atoms. The fraction of sp³-hybridized carbons (Fsp3) is 0.182. The molecule has 2 amide bonds. The Morgan fingerprint density at radius 2 is 1.91 bits per heavy atom. The minimum Gasteiger partial charge on any atom is -0.495 e. The van der Waals surface area contributed by atoms with Gasteiger partial charge in [-0.2, -0.15) is 0 Å². The number of ether oxygens (including phenoxy) is 1. The van der Waals surface area contributed by atoms with Gasteiger partial charge in [-0.05, 0) is 29.8 Å². The number of thioether (sulfide) groups is 1. The summed E-state index contributed by atoms with van der Waals surface area (Å²) >= 11 is 7.32. The van der Waals surface area contributed by atoms with Crippen molar-refractivity contribution in [1.82, 2.24) is 20.1 Å². The maximum atomic E-state index is 12.3. The smallest absolute Gasteiger partial charge is 0.244 e. The minimum absolute atomic E-state index is 0.150. The summed E-state index contributed by atoms with van der Waals surface area (Å²) in [5.74, 6) is 0.834. The molecule has 166 valence electrons. The predicted molar refractivity (Wildman–Crippen MR) is 126 cm³/mol. The maximum absolute atomic E-state index is 12.3. The van der Waals surface area contributed by atoms with Gasteiger partial charge < -0.3 is 19.9 Å². The van der Waals surface area contributed by atoms with Gasteiger partial charge in [-0.1, -0.05) is 53.7 Å². The van der Waals surface area contributed by atoms with Crippen LogP contribution in [0.5, 0.6) is 5.75 Å². The van der Waals surface area contributed by atoms with Crippen molar-refractivity contribution in [2.24, 2.45) is 7.05 Å². The number of nitrogens with one attached hydrogen (secondary N) is 2. The number of rotatable bonds is 9. The van der Waals surface area contributed by atoms with Crippen LogP contribution in [0.1, 0.15) is 11.4 Å². The average Bonchev–Trinajstić information content (AvgIpc) is 3.15. The number of benzene rings is 2. The molecule has 2 aromatic carbocycles. The van der Waals surface area contributed by atoms with Crippen LogP contribution < -0.4 is 15.4 Å². The normalized spacial score (nSPS) is 10.8. The SMILES string of the molecule is COc1ccccc1NC(=O)CSc1nnc(CNC(=O)/C=C/c2ccccc2Cl)n1C. The molecular formula is C22H22ClN5O3S. The third-order valence-electron chi connectivity index (χ3n) is 4.38. The first-order valence-electron chi connectivity index (χ1n) is 9.62. The Kier molecular flexibility index (Phi) is 8.29. The highest BCUT2D eigenvalue weighted by Gasteiger charge is 2.13. The van der Waals surface area contributed by atoms with Gasteiger partial charge in [-0.3, -0.25) is 9.59 Å². The van der Waals surface area contributed by atoms with Crippen LogP contribution in [0.2, 0.25) is 5.02 Å². The highest BCUT2D eigenvalue weighted by atomic mass is 35.5. The largest absolute Gasteiger partial charge is 0.495 e. The predicted octanol–water partition coefficient (Wildman–Crippen LogP) is 3.54. The number of carbonyl (C=O) groups excluding carboxylic acids is 2. The number of para-hydroxylation sites is 2. The van der Waals surface area contributed by atoms with Gasteiger partial charge in [0.2, 0.25) is 11.8 Å². The van der Waals surface area contributed by atoms with Crippen LogP contribution in [0.15, 0.2) is 59.8 Å². The summed E-state index contributed by atoms with van der Waals surface area (Å²) in [5, 5.41) is 14.9. The molecule has 0 fully saturated rings. The van der Waals surface area contributed by atoms with E-state index in [4.69, 9.17) is 16.3 Å². The molecule has 3 rings (SSSR count). The quantitative estimate of drug-likeness (QED) is 0.366. The standard InChI is InChI=1S/C22H22ClN5O3S/c1-28-19(13-24-20(29)12-11-15-7-3-4-8-16(15)23)26-27-22(28)32-14-21(30)25-17-9-5-6-10-18(17)31-2/h3-12H,13-14H2,1-2H3,(H,24,29)(H,25,30)/b12-11+. The van der Waals surface area contributed by atoms with Gasteiger partial charge in [0.25, 0.3) is 0 Å². The molecule has 0 radical (unpaired) electrons. The van der Waals surface area contributed by atoms with E-state index < -0.39 is 0 Å². The van der Waals surface area contributed by atoms with Crippen LogP contribution in [0.3, 0.4) is 0 Å². The number of amides is 2. The summed E-state index contributed by atoms with van der Waals surface area (Å²) in [7, 11) is 3.33. The Balaban J connectivity index is 1.50. The van der Waals surface area contributed by atoms with Gasteiger partial charge in [0.15, 0.2) is 11.0 Å². The number of carbonyl (C=O) groups is 2. The van der Waals surface area contributed by atoms with Crippen LogP contribution in [-0.4, -0.2) is 39.4 Å². The summed E-state index contributed by atoms with van der Waals surface area (Å²) in [4.78, 5) is 24.4. The van der Waals surface area contributed by atoms with Crippen molar-refractivity contribution in [2.45, 2.75) is 11.7 Å². The molecule has 2 N–H and O–H groups in total. The summed E-state index contributed by atoms with van der Waals surface area (Å²) in [6.45, 7) is 0.198. The van der Waals surface area contributed by atoms with Gasteiger partial charge in [0.05, 0.1) is 25.1 Å². The van der Waals surface area contributed by atoms with Crippen molar-refractivity contribution >= 4 is 46.9 Å². The highest BCUT2D eigenvalue weighted by Crippen LogP contribution is 2.24. The molecule has 3 aromatic rings. The maximum Gasteiger partial charge on any atom is 0.244 e. The molecule has 1 aromatic heterocycles. The fourth-order valence-electron chi connectivity index (χ4n) is 2.69. The Bertz CT molecular complexity index is 1130. The second-order valence-electron chi connectivity index (χ2n) is 6.57. The Morgan fingerprint density at radius 3 is 2.69 bits per heavy atom. The third kappa shape index (κ3) is 6.35. The number of halogens is 1. The van der Waals surface area contributed by atoms with Gasteiger partial charge in [0.1, 0.15) is 5.75 Å². The van der Waals surface area contributed by atoms with Crippen molar-refractivity contribution in [3.63, 3.8) is 0 Å². The summed E-state index contributed by atoms with van der Waals surface area (Å²) in [6.07, 6.45) is 3.06. The summed E-state index contributed by atoms with van der Waals surface area (Å²) in [5.41, 5.74) is 1.36. The van der Waals surface area contributed by atoms with E-state index in [9.17, 15) is 9.59 Å². The van der Waals surface area contributed by atoms with E-state index in [2.05, 4.69) is 20.8 Å². The first kappa shape index (κ1) is 23.4. The van der Waals surface area contributed by atoms with E-state index in [1.807, 2.05) is 30.3 Å². The lowest BCUT2D eigenvalue weighted by Crippen LogP contribution is -2.22. The first-order valence-corrected chi connectivity index (χ1v) is 11.0. The number of hydrogen-bond acceptors (Lipinski definition) is 6. The summed E-state index contributed by atoms with van der Waals surface area (Å²) < 4.78 is 6.97. The van der Waals surface area contributed by atoms with Crippen molar-refractivity contribution in [3.05, 3.63) is 71.0 Å². The zero-order valence-electron chi connectivity index (χ0n) is 17.5. The highest BCUT2D eigenvalue weighted by molar-refractivity contribution is 7.99. The summed E-state index contributed by atoms with van der Waals surface area (Å²) in [6, 6.07) is 14.4. The number of nitrogens with zero attached hydrogens (tertiary/aromatic N) is 3. The zero-order valence-corrected chi connectivity index (χ0v) is 19.1. The van der Waals surface area contributed by atoms with Crippen LogP contribution in [0.4, 0.5) is 5.69 Å². The molecule has 10 heteroatoms. The number of aromatic nitrogens is 3. The third-order valence-corrected chi connectivity index (χ3v) is 5.74. The molecule has 0 unspecified atom stereocenters. The Labute approximate surface area is 195 Å². The molecule has 0 atom stereocenters. The van der Waals surface area contributed by atoms with E-state index in [0.29, 0.717) is 27.4 Å². The van der Waals surface area contributed by atoms with Crippen molar-refractivity contribution < 1.29 is 14.3 Å². The van der Waals surface area contributed by atoms with E-state index in [-0.39, 0.29) is 24.1 Å². The molecule has 0 saturated carbocycles. The topological polar surface area (TPSA) is 98.1 Å². The van der Waals surface area contributed by atoms with Crippen molar-refractivity contribution in [2.75, 3.05) is 18.2 Å². The Morgan fingerprint density at radius 1 is 1.16 bits per heavy atom. The van der Waals surface area contributed by atoms with E-state index in [0.717, 1.165) is 5.56 Å². The lowest BCUT2D eigenvalue weighted by molar-refractivity contribution is -0.116. The number of methoxy groups -OCH3 is 1. The lowest BCUT2D eigenvalue weighted by Gasteiger charge is -2.09. The van der Waals surface area contributed by atoms with E-state index >= 15 is 0 Å². The van der Waals surface area contributed by atoms with Crippen LogP contribution in [-0.2, 0) is 23.2 Å². The molecule has 0 aliphatic rings. The zero-order chi connectivity index (χ0) is 22.9. The second kappa shape index (κ2) is 11.4. The van der Waals surface area contributed by atoms with Crippen LogP contribution in [0, 0.1) is 0 Å². The molecule has 0 saturated heterocycles. The molecule has 0 aliphatic carbocycles. The molecule has 0 bridgehead atoms. The minimum atomic E-state index is -0.279. The second-order valence-corrected chi connectivity index (χ2v) is 7.92. The van der Waals surface area contributed by atoms with Gasteiger partial charge in [0, 0.05) is 18.1 Å². The first-order chi connectivity index (χ1) is 15.5. The Hall–Kier alpha value is -3.30. The lowest BCUT2D eigenvalue weighted by atomic mass is 10.2. The molecule has 0 spiro atoms. The fourth-order valence-corrected chi connectivity index (χ4v) is 3.62. The molecule has 8 nitrogen and oxygen atoms in total. The average molecular weight is 472 g/mol. The monoisotopic (exact) mass is 471 g/mol. The van der Waals surface area contributed by atoms with Gasteiger partial charge in [-0.15, -0.1) is 10.2 Å². The van der Waals surface area contributed by atoms with Crippen LogP contribution in [0.25, 0.3) is 6.08 Å². The molecular weight excluding hydrogens is 450 g/mol. The van der Waals surface area contributed by atoms with Gasteiger partial charge in [-0.25, -0.2) is 0 Å². The van der Waals surface area contributed by atoms with Crippen molar-refractivity contribution in [1.29, 1.82) is 0 Å². The van der Waals surface area contributed by atoms with Gasteiger partial charge >= 0.3 is 0 Å². The van der Waals surface area contributed by atoms with E-state index in [1.165, 1.54) is 17.8 Å². The molecule has 0 aliphatic heterocycles. The molecule has 1 heterocycles. The number of hydrogen-bond donors (Lipinski definition) is 2.